The van der Waals surface area contributed by atoms with Crippen molar-refractivity contribution in [3.05, 3.63) is 30.3 Å². The molecule has 0 bridgehead atoms. The number of carbonyl (C=O) groups is 1. The molecule has 1 aromatic carbocycles. The maximum Gasteiger partial charge on any atom is 0.315 e. The Balaban J connectivity index is 1.82. The third-order valence-corrected chi connectivity index (χ3v) is 2.02. The van der Waals surface area contributed by atoms with E-state index in [0.29, 0.717) is 12.2 Å². The van der Waals surface area contributed by atoms with Crippen molar-refractivity contribution in [1.29, 1.82) is 0 Å². The number of rotatable bonds is 3. The van der Waals surface area contributed by atoms with E-state index in [1.165, 1.54) is 0 Å². The smallest absolute Gasteiger partial charge is 0.315 e. The zero-order valence-corrected chi connectivity index (χ0v) is 8.13. The van der Waals surface area contributed by atoms with Crippen LogP contribution in [0.15, 0.2) is 35.5 Å². The van der Waals surface area contributed by atoms with Gasteiger partial charge in [-0.2, -0.15) is 0 Å². The normalized spacial score (nSPS) is 18.5. The molecular weight excluding hydrogens is 194 g/mol. The minimum Gasteiger partial charge on any atom is -0.426 e. The zero-order chi connectivity index (χ0) is 10.5. The van der Waals surface area contributed by atoms with E-state index >= 15 is 0 Å². The predicted molar refractivity (Wildman–Crippen MR) is 54.7 cm³/mol. The molecule has 1 aromatic rings. The third kappa shape index (κ3) is 2.80. The summed E-state index contributed by atoms with van der Waals surface area (Å²) in [6.07, 6.45) is 2.39. The molecule has 4 nitrogen and oxygen atoms in total. The minimum absolute atomic E-state index is 0.166. The summed E-state index contributed by atoms with van der Waals surface area (Å²) in [5, 5.41) is 3.59. The van der Waals surface area contributed by atoms with Crippen molar-refractivity contribution in [2.75, 3.05) is 0 Å². The lowest BCUT2D eigenvalue weighted by atomic mass is 10.2. The van der Waals surface area contributed by atoms with E-state index in [1.807, 2.05) is 18.2 Å². The van der Waals surface area contributed by atoms with Crippen LogP contribution in [0.25, 0.3) is 0 Å². The fourth-order valence-corrected chi connectivity index (χ4v) is 1.30. The van der Waals surface area contributed by atoms with Crippen LogP contribution in [0, 0.1) is 0 Å². The number of hydrogen-bond donors (Lipinski definition) is 0. The molecule has 4 heteroatoms. The summed E-state index contributed by atoms with van der Waals surface area (Å²) in [6.45, 7) is 0. The fourth-order valence-electron chi connectivity index (χ4n) is 1.30. The second-order valence-electron chi connectivity index (χ2n) is 3.24. The number of esters is 1. The van der Waals surface area contributed by atoms with Crippen molar-refractivity contribution in [2.45, 2.75) is 18.9 Å². The van der Waals surface area contributed by atoms with Crippen LogP contribution < -0.4 is 4.74 Å². The molecule has 2 rings (SSSR count). The van der Waals surface area contributed by atoms with Gasteiger partial charge in [0.05, 0.1) is 6.42 Å². The first kappa shape index (κ1) is 9.71. The van der Waals surface area contributed by atoms with Crippen molar-refractivity contribution in [1.82, 2.24) is 0 Å². The summed E-state index contributed by atoms with van der Waals surface area (Å²) < 4.78 is 5.10. The van der Waals surface area contributed by atoms with Gasteiger partial charge in [0, 0.05) is 12.6 Å². The van der Waals surface area contributed by atoms with E-state index < -0.39 is 0 Å². The van der Waals surface area contributed by atoms with E-state index in [2.05, 4.69) is 5.16 Å². The van der Waals surface area contributed by atoms with Crippen LogP contribution in [0.4, 0.5) is 0 Å². The molecule has 1 heterocycles. The third-order valence-electron chi connectivity index (χ3n) is 2.02. The number of nitrogens with zero attached hydrogens (tertiary/aromatic N) is 1. The van der Waals surface area contributed by atoms with Gasteiger partial charge in [-0.1, -0.05) is 23.4 Å². The summed E-state index contributed by atoms with van der Waals surface area (Å²) in [7, 11) is 0. The van der Waals surface area contributed by atoms with Crippen molar-refractivity contribution < 1.29 is 14.4 Å². The minimum atomic E-state index is -0.295. The molecule has 1 atom stereocenters. The monoisotopic (exact) mass is 205 g/mol. The van der Waals surface area contributed by atoms with Crippen molar-refractivity contribution in [3.63, 3.8) is 0 Å². The highest BCUT2D eigenvalue weighted by Gasteiger charge is 2.19. The number of benzene rings is 1. The number of para-hydroxylation sites is 1. The quantitative estimate of drug-likeness (QED) is 0.558. The Hall–Kier alpha value is -1.84. The molecule has 1 aliphatic heterocycles. The van der Waals surface area contributed by atoms with Gasteiger partial charge in [-0.05, 0) is 12.1 Å². The Morgan fingerprint density at radius 3 is 2.93 bits per heavy atom. The topological polar surface area (TPSA) is 47.9 Å². The highest BCUT2D eigenvalue weighted by molar-refractivity contribution is 5.73. The van der Waals surface area contributed by atoms with Gasteiger partial charge < -0.3 is 9.57 Å². The SMILES string of the molecule is O=C(CC1CC=NO1)Oc1ccccc1. The molecule has 0 spiro atoms. The van der Waals surface area contributed by atoms with Crippen LogP contribution >= 0.6 is 0 Å². The lowest BCUT2D eigenvalue weighted by molar-refractivity contribution is -0.137. The molecule has 0 N–H and O–H groups in total. The lowest BCUT2D eigenvalue weighted by Gasteiger charge is -2.07. The van der Waals surface area contributed by atoms with Gasteiger partial charge in [-0.3, -0.25) is 4.79 Å². The summed E-state index contributed by atoms with van der Waals surface area (Å²) in [5.41, 5.74) is 0. The number of oxime groups is 1. The van der Waals surface area contributed by atoms with Crippen LogP contribution in [-0.4, -0.2) is 18.3 Å². The molecule has 0 amide bonds. The highest BCUT2D eigenvalue weighted by atomic mass is 16.6. The van der Waals surface area contributed by atoms with Crippen LogP contribution in [-0.2, 0) is 9.63 Å². The molecule has 1 aliphatic rings. The molecule has 0 fully saturated rings. The van der Waals surface area contributed by atoms with Gasteiger partial charge in [-0.25, -0.2) is 0 Å². The average molecular weight is 205 g/mol. The first-order chi connectivity index (χ1) is 7.34. The predicted octanol–water partition coefficient (Wildman–Crippen LogP) is 1.76. The van der Waals surface area contributed by atoms with Crippen molar-refractivity contribution in [3.8, 4) is 5.75 Å². The van der Waals surface area contributed by atoms with E-state index in [1.54, 1.807) is 18.3 Å². The van der Waals surface area contributed by atoms with E-state index in [-0.39, 0.29) is 18.5 Å². The number of hydrogen-bond acceptors (Lipinski definition) is 4. The molecule has 0 aliphatic carbocycles. The standard InChI is InChI=1S/C11H11NO3/c13-11(8-10-6-7-12-15-10)14-9-4-2-1-3-5-9/h1-5,7,10H,6,8H2. The zero-order valence-electron chi connectivity index (χ0n) is 8.13. The molecule has 0 radical (unpaired) electrons. The maximum absolute atomic E-state index is 11.4. The van der Waals surface area contributed by atoms with Gasteiger partial charge in [-0.15, -0.1) is 0 Å². The second-order valence-corrected chi connectivity index (χ2v) is 3.24. The number of ether oxygens (including phenoxy) is 1. The molecule has 78 valence electrons. The van der Waals surface area contributed by atoms with Crippen LogP contribution in [0.5, 0.6) is 5.75 Å². The Morgan fingerprint density at radius 1 is 1.47 bits per heavy atom. The summed E-state index contributed by atoms with van der Waals surface area (Å²) >= 11 is 0. The summed E-state index contributed by atoms with van der Waals surface area (Å²) in [6, 6.07) is 8.98. The van der Waals surface area contributed by atoms with Gasteiger partial charge in [0.25, 0.3) is 0 Å². The second kappa shape index (κ2) is 4.59. The van der Waals surface area contributed by atoms with Gasteiger partial charge in [0.2, 0.25) is 0 Å². The Bertz CT molecular complexity index is 353. The van der Waals surface area contributed by atoms with Crippen LogP contribution in [0.3, 0.4) is 0 Å². The molecule has 1 unspecified atom stereocenters. The fraction of sp³-hybridized carbons (Fsp3) is 0.273. The molecule has 0 saturated carbocycles. The Morgan fingerprint density at radius 2 is 2.27 bits per heavy atom. The van der Waals surface area contributed by atoms with Gasteiger partial charge >= 0.3 is 5.97 Å². The average Bonchev–Trinajstić information content (AvgIpc) is 2.71. The van der Waals surface area contributed by atoms with E-state index in [0.717, 1.165) is 0 Å². The van der Waals surface area contributed by atoms with Gasteiger partial charge in [0.1, 0.15) is 11.9 Å². The van der Waals surface area contributed by atoms with Gasteiger partial charge in [0.15, 0.2) is 0 Å². The highest BCUT2D eigenvalue weighted by Crippen LogP contribution is 2.13. The largest absolute Gasteiger partial charge is 0.426 e. The van der Waals surface area contributed by atoms with Crippen molar-refractivity contribution >= 4 is 12.2 Å². The molecule has 0 saturated heterocycles. The maximum atomic E-state index is 11.4. The van der Waals surface area contributed by atoms with E-state index in [4.69, 9.17) is 9.57 Å². The lowest BCUT2D eigenvalue weighted by Crippen LogP contribution is -2.17. The number of carbonyl (C=O) groups excluding carboxylic acids is 1. The Labute approximate surface area is 87.5 Å². The molecular formula is C11H11NO3. The molecule has 15 heavy (non-hydrogen) atoms. The summed E-state index contributed by atoms with van der Waals surface area (Å²) in [4.78, 5) is 16.3. The molecule has 0 aromatic heterocycles. The Kier molecular flexibility index (Phi) is 2.97. The van der Waals surface area contributed by atoms with Crippen LogP contribution in [0.1, 0.15) is 12.8 Å². The van der Waals surface area contributed by atoms with Crippen LogP contribution in [0.2, 0.25) is 0 Å². The first-order valence-corrected chi connectivity index (χ1v) is 4.78. The van der Waals surface area contributed by atoms with Crippen molar-refractivity contribution in [2.24, 2.45) is 5.16 Å². The summed E-state index contributed by atoms with van der Waals surface area (Å²) in [5.74, 6) is 0.262. The van der Waals surface area contributed by atoms with E-state index in [9.17, 15) is 4.79 Å². The first-order valence-electron chi connectivity index (χ1n) is 4.78.